The molecule has 0 N–H and O–H groups in total. The monoisotopic (exact) mass is 407 g/mol. The molecular formula is C23H21NO6. The maximum absolute atomic E-state index is 12.0. The van der Waals surface area contributed by atoms with Crippen molar-refractivity contribution in [1.82, 2.24) is 4.98 Å². The standard InChI is InChI=1S/C23H21NO6/c1-14-19(24-21(29-14)15-6-4-3-5-7-15)10-11-28-17-9-8-16-12-18(22(25)27-2)23(26)30-20(16)13-17/h3-9,13,18H,10-12H2,1-2H3. The van der Waals surface area contributed by atoms with E-state index in [4.69, 9.17) is 13.9 Å². The molecule has 7 nitrogen and oxygen atoms in total. The topological polar surface area (TPSA) is 87.9 Å². The van der Waals surface area contributed by atoms with Crippen molar-refractivity contribution < 1.29 is 28.2 Å². The Hall–Kier alpha value is -3.61. The number of esters is 2. The van der Waals surface area contributed by atoms with E-state index in [1.54, 1.807) is 18.2 Å². The summed E-state index contributed by atoms with van der Waals surface area (Å²) >= 11 is 0. The third-order valence-corrected chi connectivity index (χ3v) is 4.96. The zero-order valence-electron chi connectivity index (χ0n) is 16.7. The van der Waals surface area contributed by atoms with Crippen LogP contribution in [0.2, 0.25) is 0 Å². The van der Waals surface area contributed by atoms with E-state index in [2.05, 4.69) is 9.72 Å². The highest BCUT2D eigenvalue weighted by Crippen LogP contribution is 2.32. The van der Waals surface area contributed by atoms with Crippen LogP contribution in [0.1, 0.15) is 17.0 Å². The Morgan fingerprint density at radius 2 is 2.00 bits per heavy atom. The van der Waals surface area contributed by atoms with Crippen LogP contribution in [0.3, 0.4) is 0 Å². The number of hydrogen-bond donors (Lipinski definition) is 0. The number of hydrogen-bond acceptors (Lipinski definition) is 7. The Balaban J connectivity index is 1.39. The Morgan fingerprint density at radius 3 is 2.77 bits per heavy atom. The fourth-order valence-electron chi connectivity index (χ4n) is 3.32. The Morgan fingerprint density at radius 1 is 1.20 bits per heavy atom. The maximum atomic E-state index is 12.0. The van der Waals surface area contributed by atoms with Crippen LogP contribution in [-0.4, -0.2) is 30.6 Å². The van der Waals surface area contributed by atoms with E-state index in [0.29, 0.717) is 30.4 Å². The van der Waals surface area contributed by atoms with E-state index >= 15 is 0 Å². The third-order valence-electron chi connectivity index (χ3n) is 4.96. The molecule has 1 aliphatic heterocycles. The van der Waals surface area contributed by atoms with E-state index in [1.807, 2.05) is 37.3 Å². The summed E-state index contributed by atoms with van der Waals surface area (Å²) in [7, 11) is 1.25. The number of benzene rings is 2. The van der Waals surface area contributed by atoms with Gasteiger partial charge in [-0.3, -0.25) is 9.59 Å². The fraction of sp³-hybridized carbons (Fsp3) is 0.261. The molecule has 1 unspecified atom stereocenters. The van der Waals surface area contributed by atoms with Gasteiger partial charge in [0.15, 0.2) is 5.92 Å². The van der Waals surface area contributed by atoms with Gasteiger partial charge in [-0.05, 0) is 30.7 Å². The zero-order valence-corrected chi connectivity index (χ0v) is 16.7. The molecular weight excluding hydrogens is 386 g/mol. The van der Waals surface area contributed by atoms with Gasteiger partial charge in [0.25, 0.3) is 0 Å². The van der Waals surface area contributed by atoms with Crippen LogP contribution in [0, 0.1) is 12.8 Å². The van der Waals surface area contributed by atoms with Crippen molar-refractivity contribution in [1.29, 1.82) is 0 Å². The second-order valence-electron chi connectivity index (χ2n) is 6.96. The van der Waals surface area contributed by atoms with Gasteiger partial charge in [0.2, 0.25) is 5.89 Å². The molecule has 0 fully saturated rings. The van der Waals surface area contributed by atoms with Gasteiger partial charge in [0, 0.05) is 24.5 Å². The van der Waals surface area contributed by atoms with E-state index in [0.717, 1.165) is 22.6 Å². The summed E-state index contributed by atoms with van der Waals surface area (Å²) in [5.41, 5.74) is 2.52. The Bertz CT molecular complexity index is 1070. The van der Waals surface area contributed by atoms with Gasteiger partial charge in [-0.15, -0.1) is 0 Å². The summed E-state index contributed by atoms with van der Waals surface area (Å²) in [4.78, 5) is 28.3. The van der Waals surface area contributed by atoms with Crippen LogP contribution in [0.4, 0.5) is 0 Å². The van der Waals surface area contributed by atoms with Gasteiger partial charge in [0.1, 0.15) is 17.3 Å². The molecule has 0 radical (unpaired) electrons. The number of nitrogens with zero attached hydrogens (tertiary/aromatic N) is 1. The first-order chi connectivity index (χ1) is 14.5. The largest absolute Gasteiger partial charge is 0.493 e. The molecule has 7 heteroatoms. The first-order valence-corrected chi connectivity index (χ1v) is 9.62. The minimum atomic E-state index is -0.928. The molecule has 0 bridgehead atoms. The minimum Gasteiger partial charge on any atom is -0.493 e. The molecule has 0 amide bonds. The molecule has 0 saturated carbocycles. The smallest absolute Gasteiger partial charge is 0.326 e. The highest BCUT2D eigenvalue weighted by molar-refractivity contribution is 5.97. The number of methoxy groups -OCH3 is 1. The molecule has 2 heterocycles. The van der Waals surface area contributed by atoms with Gasteiger partial charge in [0.05, 0.1) is 19.4 Å². The summed E-state index contributed by atoms with van der Waals surface area (Å²) in [5.74, 6) is 0.184. The van der Waals surface area contributed by atoms with Crippen LogP contribution in [0.5, 0.6) is 11.5 Å². The van der Waals surface area contributed by atoms with Crippen LogP contribution < -0.4 is 9.47 Å². The van der Waals surface area contributed by atoms with Crippen LogP contribution in [-0.2, 0) is 27.2 Å². The molecule has 1 aliphatic rings. The van der Waals surface area contributed by atoms with Gasteiger partial charge in [-0.1, -0.05) is 24.3 Å². The quantitative estimate of drug-likeness (QED) is 0.351. The van der Waals surface area contributed by atoms with Crippen molar-refractivity contribution in [3.63, 3.8) is 0 Å². The third kappa shape index (κ3) is 4.05. The fourth-order valence-corrected chi connectivity index (χ4v) is 3.32. The molecule has 0 spiro atoms. The van der Waals surface area contributed by atoms with Gasteiger partial charge in [-0.2, -0.15) is 0 Å². The van der Waals surface area contributed by atoms with Crippen LogP contribution >= 0.6 is 0 Å². The highest BCUT2D eigenvalue weighted by Gasteiger charge is 2.35. The van der Waals surface area contributed by atoms with E-state index in [9.17, 15) is 9.59 Å². The lowest BCUT2D eigenvalue weighted by Gasteiger charge is -2.22. The molecule has 1 aromatic heterocycles. The highest BCUT2D eigenvalue weighted by atomic mass is 16.6. The normalized spacial score (nSPS) is 15.3. The number of oxazole rings is 1. The SMILES string of the molecule is COC(=O)C1Cc2ccc(OCCc3nc(-c4ccccc4)oc3C)cc2OC1=O. The molecule has 0 aliphatic carbocycles. The lowest BCUT2D eigenvalue weighted by Crippen LogP contribution is -2.34. The van der Waals surface area contributed by atoms with Crippen molar-refractivity contribution in [2.45, 2.75) is 19.8 Å². The van der Waals surface area contributed by atoms with E-state index in [1.165, 1.54) is 7.11 Å². The van der Waals surface area contributed by atoms with Gasteiger partial charge < -0.3 is 18.6 Å². The second-order valence-corrected chi connectivity index (χ2v) is 6.96. The summed E-state index contributed by atoms with van der Waals surface area (Å²) in [5, 5.41) is 0. The molecule has 4 rings (SSSR count). The predicted octanol–water partition coefficient (Wildman–Crippen LogP) is 3.52. The number of carbonyl (C=O) groups excluding carboxylic acids is 2. The number of aromatic nitrogens is 1. The molecule has 154 valence electrons. The van der Waals surface area contributed by atoms with Crippen molar-refractivity contribution in [3.05, 3.63) is 65.5 Å². The molecule has 30 heavy (non-hydrogen) atoms. The molecule has 1 atom stereocenters. The molecule has 3 aromatic rings. The maximum Gasteiger partial charge on any atom is 0.326 e. The molecule has 0 saturated heterocycles. The minimum absolute atomic E-state index is 0.252. The van der Waals surface area contributed by atoms with Crippen molar-refractivity contribution in [3.8, 4) is 23.0 Å². The van der Waals surface area contributed by atoms with Crippen molar-refractivity contribution in [2.24, 2.45) is 5.92 Å². The van der Waals surface area contributed by atoms with Crippen LogP contribution in [0.15, 0.2) is 52.9 Å². The van der Waals surface area contributed by atoms with E-state index < -0.39 is 17.9 Å². The summed E-state index contributed by atoms with van der Waals surface area (Å²) < 4.78 is 21.5. The number of rotatable bonds is 6. The number of carbonyl (C=O) groups is 2. The lowest BCUT2D eigenvalue weighted by molar-refractivity contribution is -0.156. The predicted molar refractivity (Wildman–Crippen MR) is 107 cm³/mol. The number of fused-ring (bicyclic) bond motifs is 1. The Labute approximate surface area is 173 Å². The summed E-state index contributed by atoms with van der Waals surface area (Å²) in [6.07, 6.45) is 0.824. The second kappa shape index (κ2) is 8.41. The van der Waals surface area contributed by atoms with Crippen molar-refractivity contribution >= 4 is 11.9 Å². The van der Waals surface area contributed by atoms with Crippen LogP contribution in [0.25, 0.3) is 11.5 Å². The van der Waals surface area contributed by atoms with Gasteiger partial charge >= 0.3 is 11.9 Å². The number of aryl methyl sites for hydroxylation is 1. The first kappa shape index (κ1) is 19.7. The average molecular weight is 407 g/mol. The molecule has 2 aromatic carbocycles. The lowest BCUT2D eigenvalue weighted by atomic mass is 9.96. The zero-order chi connectivity index (χ0) is 21.1. The van der Waals surface area contributed by atoms with E-state index in [-0.39, 0.29) is 6.42 Å². The Kier molecular flexibility index (Phi) is 5.52. The summed E-state index contributed by atoms with van der Waals surface area (Å²) in [6.45, 7) is 2.27. The summed E-state index contributed by atoms with van der Waals surface area (Å²) in [6, 6.07) is 15.0. The van der Waals surface area contributed by atoms with Crippen molar-refractivity contribution in [2.75, 3.05) is 13.7 Å². The average Bonchev–Trinajstić information content (AvgIpc) is 3.14. The van der Waals surface area contributed by atoms with Gasteiger partial charge in [-0.25, -0.2) is 4.98 Å². The number of ether oxygens (including phenoxy) is 3. The first-order valence-electron chi connectivity index (χ1n) is 9.62.